The summed E-state index contributed by atoms with van der Waals surface area (Å²) in [4.78, 5) is 5.55. The van der Waals surface area contributed by atoms with Crippen LogP contribution in [-0.4, -0.2) is 24.6 Å². The molecule has 3 atom stereocenters. The van der Waals surface area contributed by atoms with Crippen LogP contribution in [0.5, 0.6) is 0 Å². The van der Waals surface area contributed by atoms with Gasteiger partial charge in [-0.3, -0.25) is 10.2 Å². The minimum absolute atomic E-state index is 0.519. The summed E-state index contributed by atoms with van der Waals surface area (Å²) < 4.78 is 0. The lowest BCUT2D eigenvalue weighted by Crippen LogP contribution is -2.47. The number of allylic oxidation sites excluding steroid dienone is 3. The fourth-order valence-corrected chi connectivity index (χ4v) is 2.42. The molecule has 1 aromatic carbocycles. The third-order valence-electron chi connectivity index (χ3n) is 3.18. The fraction of sp³-hybridized carbons (Fsp3) is 0.294. The van der Waals surface area contributed by atoms with E-state index < -0.39 is 18.5 Å². The van der Waals surface area contributed by atoms with E-state index in [0.29, 0.717) is 15.6 Å². The van der Waals surface area contributed by atoms with Crippen molar-refractivity contribution in [2.45, 2.75) is 25.4 Å². The molecule has 1 rings (SSSR count). The van der Waals surface area contributed by atoms with E-state index in [-0.39, 0.29) is 0 Å². The van der Waals surface area contributed by atoms with Crippen LogP contribution in [0.4, 0.5) is 0 Å². The molecule has 0 saturated heterocycles. The molecule has 0 amide bonds. The standard InChI is InChI=1S/C17H24Cl2N4O2/c1-4-6-13(9-11(2)18)17(21-3)25-23-22-15(16(20)24)12-7-5-8-14(19)10-12/h4-10,15-17,21-24H,1,20H2,2-3H3/b11-9+,13-6+. The molecule has 0 spiro atoms. The van der Waals surface area contributed by atoms with Gasteiger partial charge < -0.3 is 10.8 Å². The van der Waals surface area contributed by atoms with Gasteiger partial charge in [0.1, 0.15) is 6.23 Å². The van der Waals surface area contributed by atoms with E-state index in [1.54, 1.807) is 56.5 Å². The van der Waals surface area contributed by atoms with Gasteiger partial charge in [-0.25, -0.2) is 5.43 Å². The van der Waals surface area contributed by atoms with Crippen molar-refractivity contribution in [3.8, 4) is 0 Å². The zero-order valence-corrected chi connectivity index (χ0v) is 15.7. The Morgan fingerprint density at radius 1 is 1.44 bits per heavy atom. The summed E-state index contributed by atoms with van der Waals surface area (Å²) in [5.41, 5.74) is 12.5. The highest BCUT2D eigenvalue weighted by atomic mass is 35.5. The van der Waals surface area contributed by atoms with E-state index in [0.717, 1.165) is 5.57 Å². The number of hydrogen-bond acceptors (Lipinski definition) is 6. The Morgan fingerprint density at radius 3 is 2.68 bits per heavy atom. The van der Waals surface area contributed by atoms with Crippen molar-refractivity contribution in [2.24, 2.45) is 5.73 Å². The summed E-state index contributed by atoms with van der Waals surface area (Å²) in [5, 5.41) is 13.9. The Bertz CT molecular complexity index is 616. The Labute approximate surface area is 158 Å². The number of hydrazine groups is 1. The molecule has 0 saturated carbocycles. The Balaban J connectivity index is 2.78. The van der Waals surface area contributed by atoms with Crippen LogP contribution in [0.25, 0.3) is 0 Å². The quantitative estimate of drug-likeness (QED) is 0.241. The molecular weight excluding hydrogens is 363 g/mol. The second-order valence-electron chi connectivity index (χ2n) is 5.19. The molecule has 0 bridgehead atoms. The van der Waals surface area contributed by atoms with Gasteiger partial charge in [0.25, 0.3) is 0 Å². The summed E-state index contributed by atoms with van der Waals surface area (Å²) in [5.74, 6) is 0. The summed E-state index contributed by atoms with van der Waals surface area (Å²) in [6, 6.07) is 6.37. The maximum atomic E-state index is 9.80. The third kappa shape index (κ3) is 7.68. The second-order valence-corrected chi connectivity index (χ2v) is 6.22. The van der Waals surface area contributed by atoms with Crippen LogP contribution in [0.2, 0.25) is 5.02 Å². The first-order valence-corrected chi connectivity index (χ1v) is 8.33. The van der Waals surface area contributed by atoms with Crippen molar-refractivity contribution in [3.63, 3.8) is 0 Å². The van der Waals surface area contributed by atoms with Crippen LogP contribution in [0.3, 0.4) is 0 Å². The SMILES string of the molecule is C=C/C=C(\C=C(/C)Cl)C(NC)ONNC(c1cccc(Cl)c1)C(N)O. The molecule has 138 valence electrons. The monoisotopic (exact) mass is 386 g/mol. The molecule has 1 aromatic rings. The molecule has 0 radical (unpaired) electrons. The molecule has 8 heteroatoms. The number of hydrogen-bond donors (Lipinski definition) is 5. The zero-order chi connectivity index (χ0) is 18.8. The highest BCUT2D eigenvalue weighted by molar-refractivity contribution is 6.30. The molecular formula is C17H24Cl2N4O2. The van der Waals surface area contributed by atoms with Crippen LogP contribution in [0.1, 0.15) is 18.5 Å². The fourth-order valence-electron chi connectivity index (χ4n) is 2.09. The van der Waals surface area contributed by atoms with E-state index in [4.69, 9.17) is 33.8 Å². The summed E-state index contributed by atoms with van der Waals surface area (Å²) in [6.07, 6.45) is 3.45. The van der Waals surface area contributed by atoms with Crippen LogP contribution >= 0.6 is 23.2 Å². The largest absolute Gasteiger partial charge is 0.377 e. The number of nitrogens with one attached hydrogen (secondary N) is 3. The molecule has 0 fully saturated rings. The molecule has 0 aliphatic carbocycles. The number of halogens is 2. The van der Waals surface area contributed by atoms with Crippen molar-refractivity contribution in [1.29, 1.82) is 0 Å². The van der Waals surface area contributed by atoms with Gasteiger partial charge in [-0.1, -0.05) is 54.1 Å². The zero-order valence-electron chi connectivity index (χ0n) is 14.2. The Hall–Kier alpha value is -1.22. The van der Waals surface area contributed by atoms with Gasteiger partial charge in [-0.15, -0.1) is 5.59 Å². The number of aliphatic hydroxyl groups excluding tert-OH is 1. The van der Waals surface area contributed by atoms with E-state index in [1.165, 1.54) is 0 Å². The number of rotatable bonds is 10. The number of likely N-dealkylation sites (N-methyl/N-ethyl adjacent to an activating group) is 1. The van der Waals surface area contributed by atoms with Gasteiger partial charge in [0.15, 0.2) is 6.23 Å². The van der Waals surface area contributed by atoms with Gasteiger partial charge >= 0.3 is 0 Å². The maximum Gasteiger partial charge on any atom is 0.156 e. The maximum absolute atomic E-state index is 9.80. The Kier molecular flexibility index (Phi) is 9.96. The van der Waals surface area contributed by atoms with E-state index in [2.05, 4.69) is 22.9 Å². The lowest BCUT2D eigenvalue weighted by Gasteiger charge is -2.25. The number of benzene rings is 1. The highest BCUT2D eigenvalue weighted by Gasteiger charge is 2.19. The molecule has 6 N–H and O–H groups in total. The first-order valence-electron chi connectivity index (χ1n) is 7.58. The molecule has 0 aliphatic heterocycles. The molecule has 25 heavy (non-hydrogen) atoms. The molecule has 3 unspecified atom stereocenters. The van der Waals surface area contributed by atoms with Crippen LogP contribution in [0, 0.1) is 0 Å². The average molecular weight is 387 g/mol. The first kappa shape index (κ1) is 21.8. The van der Waals surface area contributed by atoms with Crippen LogP contribution < -0.4 is 22.1 Å². The topological polar surface area (TPSA) is 91.6 Å². The van der Waals surface area contributed by atoms with Gasteiger partial charge in [0.2, 0.25) is 0 Å². The number of nitrogens with two attached hydrogens (primary N) is 1. The van der Waals surface area contributed by atoms with Crippen molar-refractivity contribution in [2.75, 3.05) is 7.05 Å². The third-order valence-corrected chi connectivity index (χ3v) is 3.53. The minimum atomic E-state index is -1.17. The van der Waals surface area contributed by atoms with Crippen molar-refractivity contribution < 1.29 is 9.94 Å². The summed E-state index contributed by atoms with van der Waals surface area (Å²) >= 11 is 11.9. The van der Waals surface area contributed by atoms with E-state index in [9.17, 15) is 5.11 Å². The van der Waals surface area contributed by atoms with Gasteiger partial charge in [-0.2, -0.15) is 0 Å². The smallest absolute Gasteiger partial charge is 0.156 e. The molecule has 0 heterocycles. The normalized spacial score (nSPS) is 16.4. The van der Waals surface area contributed by atoms with Crippen molar-refractivity contribution >= 4 is 23.2 Å². The highest BCUT2D eigenvalue weighted by Crippen LogP contribution is 2.19. The molecule has 0 aromatic heterocycles. The lowest BCUT2D eigenvalue weighted by molar-refractivity contribution is -0.0579. The van der Waals surface area contributed by atoms with Crippen molar-refractivity contribution in [1.82, 2.24) is 16.3 Å². The van der Waals surface area contributed by atoms with Gasteiger partial charge in [-0.05, 0) is 43.3 Å². The Morgan fingerprint density at radius 2 is 2.16 bits per heavy atom. The van der Waals surface area contributed by atoms with Crippen LogP contribution in [0.15, 0.2) is 59.7 Å². The average Bonchev–Trinajstić information content (AvgIpc) is 2.54. The van der Waals surface area contributed by atoms with Crippen molar-refractivity contribution in [3.05, 3.63) is 70.3 Å². The minimum Gasteiger partial charge on any atom is -0.377 e. The molecule has 6 nitrogen and oxygen atoms in total. The number of aliphatic hydroxyl groups is 1. The van der Waals surface area contributed by atoms with E-state index >= 15 is 0 Å². The predicted octanol–water partition coefficient (Wildman–Crippen LogP) is 2.48. The summed E-state index contributed by atoms with van der Waals surface area (Å²) in [7, 11) is 1.73. The molecule has 0 aliphatic rings. The predicted molar refractivity (Wildman–Crippen MR) is 102 cm³/mol. The van der Waals surface area contributed by atoms with Gasteiger partial charge in [0, 0.05) is 10.1 Å². The summed E-state index contributed by atoms with van der Waals surface area (Å²) in [6.45, 7) is 5.43. The van der Waals surface area contributed by atoms with Crippen LogP contribution in [-0.2, 0) is 4.84 Å². The van der Waals surface area contributed by atoms with E-state index in [1.807, 2.05) is 0 Å². The first-order chi connectivity index (χ1) is 11.9. The second kappa shape index (κ2) is 11.4. The lowest BCUT2D eigenvalue weighted by atomic mass is 10.1. The van der Waals surface area contributed by atoms with Gasteiger partial charge in [0.05, 0.1) is 6.04 Å².